The zero-order valence-corrected chi connectivity index (χ0v) is 17.1. The van der Waals surface area contributed by atoms with E-state index in [1.165, 1.54) is 6.92 Å². The molecular formula is C20H31N5O2. The minimum Gasteiger partial charge on any atom is -0.372 e. The van der Waals surface area contributed by atoms with Crippen molar-refractivity contribution in [2.75, 3.05) is 11.9 Å². The third-order valence-electron chi connectivity index (χ3n) is 3.87. The van der Waals surface area contributed by atoms with Crippen LogP contribution in [0.15, 0.2) is 30.5 Å². The summed E-state index contributed by atoms with van der Waals surface area (Å²) in [5, 5.41) is 14.6. The number of carbonyl (C=O) groups excluding carboxylic acids is 1. The third-order valence-corrected chi connectivity index (χ3v) is 3.87. The molecule has 27 heavy (non-hydrogen) atoms. The second-order valence-corrected chi connectivity index (χ2v) is 7.97. The van der Waals surface area contributed by atoms with E-state index in [4.69, 9.17) is 4.74 Å². The molecule has 0 aliphatic carbocycles. The summed E-state index contributed by atoms with van der Waals surface area (Å²) in [5.74, 6) is -0.0883. The molecule has 0 saturated heterocycles. The van der Waals surface area contributed by atoms with Gasteiger partial charge in [-0.05, 0) is 46.8 Å². The molecule has 2 atom stereocenters. The van der Waals surface area contributed by atoms with Crippen molar-refractivity contribution in [2.24, 2.45) is 0 Å². The highest BCUT2D eigenvalue weighted by atomic mass is 16.5. The molecule has 0 aliphatic heterocycles. The molecule has 0 aliphatic rings. The Bertz CT molecular complexity index is 734. The summed E-state index contributed by atoms with van der Waals surface area (Å²) in [5.41, 5.74) is 2.58. The van der Waals surface area contributed by atoms with Crippen molar-refractivity contribution in [3.05, 3.63) is 30.5 Å². The van der Waals surface area contributed by atoms with Gasteiger partial charge in [0.25, 0.3) is 0 Å². The summed E-state index contributed by atoms with van der Waals surface area (Å²) < 4.78 is 7.82. The average Bonchev–Trinajstić information content (AvgIpc) is 3.00. The maximum Gasteiger partial charge on any atom is 0.221 e. The molecule has 1 amide bonds. The molecule has 148 valence electrons. The van der Waals surface area contributed by atoms with Crippen LogP contribution in [-0.2, 0) is 16.1 Å². The lowest BCUT2D eigenvalue weighted by atomic mass is 10.1. The fourth-order valence-corrected chi connectivity index (χ4v) is 2.65. The molecule has 2 rings (SSSR count). The Morgan fingerprint density at radius 2 is 1.85 bits per heavy atom. The number of hydrogen-bond donors (Lipinski definition) is 2. The van der Waals surface area contributed by atoms with Gasteiger partial charge in [-0.25, -0.2) is 4.68 Å². The quantitative estimate of drug-likeness (QED) is 0.743. The highest BCUT2D eigenvalue weighted by Gasteiger charge is 2.14. The SMILES string of the molecule is CC(=O)Nc1ccc(-c2cn(CC(C)OC(C)CNC(C)(C)C)nn2)cc1. The maximum absolute atomic E-state index is 11.1. The number of anilines is 1. The van der Waals surface area contributed by atoms with Crippen molar-refractivity contribution in [1.82, 2.24) is 20.3 Å². The smallest absolute Gasteiger partial charge is 0.221 e. The van der Waals surface area contributed by atoms with Gasteiger partial charge in [-0.3, -0.25) is 4.79 Å². The second-order valence-electron chi connectivity index (χ2n) is 7.97. The van der Waals surface area contributed by atoms with Gasteiger partial charge in [0.2, 0.25) is 5.91 Å². The van der Waals surface area contributed by atoms with Crippen LogP contribution in [0.3, 0.4) is 0 Å². The molecule has 1 aromatic carbocycles. The molecule has 0 spiro atoms. The van der Waals surface area contributed by atoms with Gasteiger partial charge in [0.05, 0.1) is 24.9 Å². The summed E-state index contributed by atoms with van der Waals surface area (Å²) >= 11 is 0. The Morgan fingerprint density at radius 3 is 2.44 bits per heavy atom. The van der Waals surface area contributed by atoms with Gasteiger partial charge in [0.1, 0.15) is 5.69 Å². The van der Waals surface area contributed by atoms with E-state index in [1.807, 2.05) is 37.4 Å². The van der Waals surface area contributed by atoms with Crippen LogP contribution in [0, 0.1) is 0 Å². The van der Waals surface area contributed by atoms with Crippen LogP contribution in [0.2, 0.25) is 0 Å². The first-order valence-electron chi connectivity index (χ1n) is 9.31. The first-order chi connectivity index (χ1) is 12.6. The van der Waals surface area contributed by atoms with E-state index in [0.29, 0.717) is 6.54 Å². The van der Waals surface area contributed by atoms with Crippen molar-refractivity contribution in [2.45, 2.75) is 65.8 Å². The predicted molar refractivity (Wildman–Crippen MR) is 108 cm³/mol. The number of amides is 1. The zero-order chi connectivity index (χ0) is 20.0. The van der Waals surface area contributed by atoms with Gasteiger partial charge in [-0.15, -0.1) is 5.10 Å². The number of ether oxygens (including phenoxy) is 1. The molecule has 2 N–H and O–H groups in total. The Labute approximate surface area is 161 Å². The predicted octanol–water partition coefficient (Wildman–Crippen LogP) is 3.09. The largest absolute Gasteiger partial charge is 0.372 e. The highest BCUT2D eigenvalue weighted by Crippen LogP contribution is 2.19. The molecule has 0 bridgehead atoms. The van der Waals surface area contributed by atoms with Crippen LogP contribution < -0.4 is 10.6 Å². The Balaban J connectivity index is 1.88. The Kier molecular flexibility index (Phi) is 7.10. The molecule has 1 aromatic heterocycles. The average molecular weight is 374 g/mol. The number of aromatic nitrogens is 3. The lowest BCUT2D eigenvalue weighted by molar-refractivity contribution is -0.114. The van der Waals surface area contributed by atoms with E-state index < -0.39 is 0 Å². The van der Waals surface area contributed by atoms with Gasteiger partial charge in [-0.2, -0.15) is 0 Å². The molecule has 2 aromatic rings. The fraction of sp³-hybridized carbons (Fsp3) is 0.550. The molecular weight excluding hydrogens is 342 g/mol. The first-order valence-corrected chi connectivity index (χ1v) is 9.31. The van der Waals surface area contributed by atoms with E-state index >= 15 is 0 Å². The molecule has 0 saturated carbocycles. The van der Waals surface area contributed by atoms with Crippen LogP contribution in [0.1, 0.15) is 41.5 Å². The Morgan fingerprint density at radius 1 is 1.19 bits per heavy atom. The standard InChI is InChI=1S/C20H31N5O2/c1-14(11-21-20(4,5)6)27-15(2)12-25-13-19(23-24-25)17-7-9-18(10-8-17)22-16(3)26/h7-10,13-15,21H,11-12H2,1-6H3,(H,22,26). The van der Waals surface area contributed by atoms with Crippen LogP contribution in [0.25, 0.3) is 11.3 Å². The number of benzene rings is 1. The summed E-state index contributed by atoms with van der Waals surface area (Å²) in [6.45, 7) is 13.5. The number of carbonyl (C=O) groups is 1. The van der Waals surface area contributed by atoms with Crippen LogP contribution in [-0.4, -0.2) is 45.2 Å². The lowest BCUT2D eigenvalue weighted by Gasteiger charge is -2.25. The van der Waals surface area contributed by atoms with Crippen LogP contribution in [0.4, 0.5) is 5.69 Å². The molecule has 0 fully saturated rings. The molecule has 7 heteroatoms. The van der Waals surface area contributed by atoms with Gasteiger partial charge < -0.3 is 15.4 Å². The number of nitrogens with zero attached hydrogens (tertiary/aromatic N) is 3. The molecule has 7 nitrogen and oxygen atoms in total. The van der Waals surface area contributed by atoms with E-state index in [-0.39, 0.29) is 23.7 Å². The topological polar surface area (TPSA) is 81.1 Å². The van der Waals surface area contributed by atoms with Crippen molar-refractivity contribution in [3.8, 4) is 11.3 Å². The third kappa shape index (κ3) is 7.48. The fourth-order valence-electron chi connectivity index (χ4n) is 2.65. The van der Waals surface area contributed by atoms with Gasteiger partial charge in [0, 0.05) is 30.3 Å². The number of hydrogen-bond acceptors (Lipinski definition) is 5. The zero-order valence-electron chi connectivity index (χ0n) is 17.1. The Hall–Kier alpha value is -2.25. The van der Waals surface area contributed by atoms with Gasteiger partial charge in [0.15, 0.2) is 0 Å². The van der Waals surface area contributed by atoms with Crippen molar-refractivity contribution < 1.29 is 9.53 Å². The van der Waals surface area contributed by atoms with E-state index in [2.05, 4.69) is 48.6 Å². The summed E-state index contributed by atoms with van der Waals surface area (Å²) in [6.07, 6.45) is 2.05. The number of rotatable bonds is 8. The minimum atomic E-state index is -0.0883. The van der Waals surface area contributed by atoms with Gasteiger partial charge in [-0.1, -0.05) is 17.3 Å². The summed E-state index contributed by atoms with van der Waals surface area (Å²) in [4.78, 5) is 11.1. The van der Waals surface area contributed by atoms with Crippen LogP contribution in [0.5, 0.6) is 0 Å². The van der Waals surface area contributed by atoms with Crippen molar-refractivity contribution >= 4 is 11.6 Å². The summed E-state index contributed by atoms with van der Waals surface area (Å²) in [6, 6.07) is 7.54. The second kappa shape index (κ2) is 9.10. The monoisotopic (exact) mass is 373 g/mol. The minimum absolute atomic E-state index is 0.0264. The van der Waals surface area contributed by atoms with Crippen molar-refractivity contribution in [1.29, 1.82) is 0 Å². The lowest BCUT2D eigenvalue weighted by Crippen LogP contribution is -2.41. The molecule has 0 radical (unpaired) electrons. The molecule has 2 unspecified atom stereocenters. The highest BCUT2D eigenvalue weighted by molar-refractivity contribution is 5.88. The van der Waals surface area contributed by atoms with Crippen molar-refractivity contribution in [3.63, 3.8) is 0 Å². The normalized spacial score (nSPS) is 14.0. The molecule has 1 heterocycles. The summed E-state index contributed by atoms with van der Waals surface area (Å²) in [7, 11) is 0. The maximum atomic E-state index is 11.1. The van der Waals surface area contributed by atoms with E-state index in [9.17, 15) is 4.79 Å². The van der Waals surface area contributed by atoms with E-state index in [1.54, 1.807) is 4.68 Å². The van der Waals surface area contributed by atoms with Crippen LogP contribution >= 0.6 is 0 Å². The van der Waals surface area contributed by atoms with Gasteiger partial charge >= 0.3 is 0 Å². The number of nitrogens with one attached hydrogen (secondary N) is 2. The first kappa shape index (κ1) is 21.1. The van der Waals surface area contributed by atoms with E-state index in [0.717, 1.165) is 23.5 Å².